The van der Waals surface area contributed by atoms with E-state index in [1.807, 2.05) is 6.07 Å². The monoisotopic (exact) mass is 627 g/mol. The number of nitrogens with zero attached hydrogens (tertiary/aromatic N) is 4. The molecule has 0 aliphatic carbocycles. The van der Waals surface area contributed by atoms with E-state index in [0.29, 0.717) is 5.02 Å². The van der Waals surface area contributed by atoms with E-state index in [4.69, 9.17) is 37.5 Å². The maximum absolute atomic E-state index is 15.3. The van der Waals surface area contributed by atoms with Crippen molar-refractivity contribution < 1.29 is 42.9 Å². The maximum atomic E-state index is 15.3. The van der Waals surface area contributed by atoms with Gasteiger partial charge in [0, 0.05) is 11.6 Å². The molecule has 1 aromatic carbocycles. The van der Waals surface area contributed by atoms with E-state index in [1.54, 1.807) is 25.1 Å². The van der Waals surface area contributed by atoms with Gasteiger partial charge in [-0.25, -0.2) is 9.37 Å². The molecule has 0 amide bonds. The first kappa shape index (κ1) is 31.6. The molecule has 0 bridgehead atoms. The Kier molecular flexibility index (Phi) is 10.6. The van der Waals surface area contributed by atoms with Crippen LogP contribution in [0.2, 0.25) is 10.3 Å². The number of halogens is 3. The first-order valence-electron chi connectivity index (χ1n) is 11.3. The van der Waals surface area contributed by atoms with Crippen LogP contribution in [0.5, 0.6) is 0 Å². The van der Waals surface area contributed by atoms with Crippen molar-refractivity contribution in [3.05, 3.63) is 58.1 Å². The van der Waals surface area contributed by atoms with Gasteiger partial charge in [0.25, 0.3) is 0 Å². The Hall–Kier alpha value is -1.96. The molecule has 3 aromatic rings. The number of hydrogen-bond donors (Lipinski definition) is 6. The smallest absolute Gasteiger partial charge is 0.340 e. The summed E-state index contributed by atoms with van der Waals surface area (Å²) in [7, 11) is -9.66. The highest BCUT2D eigenvalue weighted by molar-refractivity contribution is 7.70. The predicted molar refractivity (Wildman–Crippen MR) is 142 cm³/mol. The molecule has 3 rings (SSSR count). The van der Waals surface area contributed by atoms with Gasteiger partial charge in [-0.2, -0.15) is 9.97 Å². The summed E-state index contributed by atoms with van der Waals surface area (Å²) in [5, 5.41) is 24.7. The van der Waals surface area contributed by atoms with E-state index in [9.17, 15) is 24.2 Å². The minimum Gasteiger partial charge on any atom is -0.385 e. The fraction of sp³-hybridized carbons (Fsp3) is 0.381. The molecule has 214 valence electrons. The fourth-order valence-corrected chi connectivity index (χ4v) is 6.45. The summed E-state index contributed by atoms with van der Waals surface area (Å²) < 4.78 is 44.0. The highest BCUT2D eigenvalue weighted by Gasteiger charge is 2.35. The number of imidazole rings is 1. The maximum Gasteiger partial charge on any atom is 0.340 e. The molecule has 13 nitrogen and oxygen atoms in total. The molecule has 0 saturated heterocycles. The standard InChI is InChI=1S/C21H26Cl2FN5O8P2/c1-2-4-13(9-37-39(35,36)11-38(32,33)34)17(30)15(24)20(31)29-10-26-16-18(27-21(23)28-19(16)29)25-8-12-5-3-6-14(22)7-12/h3-7,10,15,17,20,30-31H,2,8-9,11H2,1H3,(H,35,36)(H,25,27,28)(H2,32,33,34)/b13-4-/t15-,17+,20+/m0/s1. The van der Waals surface area contributed by atoms with Gasteiger partial charge in [-0.05, 0) is 41.3 Å². The zero-order valence-corrected chi connectivity index (χ0v) is 23.6. The normalized spacial score (nSPS) is 16.6. The third-order valence-corrected chi connectivity index (χ3v) is 9.10. The summed E-state index contributed by atoms with van der Waals surface area (Å²) in [4.78, 5) is 39.8. The molecule has 39 heavy (non-hydrogen) atoms. The molecule has 2 aromatic heterocycles. The Morgan fingerprint density at radius 2 is 1.95 bits per heavy atom. The van der Waals surface area contributed by atoms with Gasteiger partial charge in [0.2, 0.25) is 5.28 Å². The molecule has 0 saturated carbocycles. The first-order chi connectivity index (χ1) is 18.2. The lowest BCUT2D eigenvalue weighted by molar-refractivity contribution is -0.0352. The highest BCUT2D eigenvalue weighted by Crippen LogP contribution is 2.55. The summed E-state index contributed by atoms with van der Waals surface area (Å²) in [5.41, 5.74) is 0.686. The van der Waals surface area contributed by atoms with Crippen LogP contribution in [0.3, 0.4) is 0 Å². The summed E-state index contributed by atoms with van der Waals surface area (Å²) >= 11 is 12.1. The number of allylic oxidation sites excluding steroid dienone is 1. The third kappa shape index (κ3) is 8.76. The molecular formula is C21H26Cl2FN5O8P2. The van der Waals surface area contributed by atoms with Crippen molar-refractivity contribution in [2.45, 2.75) is 38.4 Å². The van der Waals surface area contributed by atoms with Gasteiger partial charge in [-0.1, -0.05) is 36.7 Å². The van der Waals surface area contributed by atoms with E-state index in [0.717, 1.165) is 16.5 Å². The van der Waals surface area contributed by atoms with Gasteiger partial charge in [0.1, 0.15) is 6.10 Å². The lowest BCUT2D eigenvalue weighted by Crippen LogP contribution is -2.34. The second-order valence-corrected chi connectivity index (χ2v) is 13.1. The predicted octanol–water partition coefficient (Wildman–Crippen LogP) is 3.61. The van der Waals surface area contributed by atoms with Gasteiger partial charge >= 0.3 is 15.2 Å². The fourth-order valence-electron chi connectivity index (χ4n) is 3.54. The van der Waals surface area contributed by atoms with Crippen molar-refractivity contribution in [1.82, 2.24) is 19.5 Å². The Bertz CT molecular complexity index is 1440. The number of alkyl halides is 1. The molecule has 0 spiro atoms. The van der Waals surface area contributed by atoms with Gasteiger partial charge in [-0.3, -0.25) is 13.7 Å². The van der Waals surface area contributed by atoms with E-state index in [2.05, 4.69) is 20.3 Å². The molecule has 1 unspecified atom stereocenters. The minimum atomic E-state index is -4.89. The lowest BCUT2D eigenvalue weighted by atomic mass is 10.0. The average molecular weight is 628 g/mol. The van der Waals surface area contributed by atoms with Crippen molar-refractivity contribution in [2.75, 3.05) is 17.8 Å². The van der Waals surface area contributed by atoms with Crippen molar-refractivity contribution in [2.24, 2.45) is 0 Å². The number of nitrogens with one attached hydrogen (secondary N) is 1. The number of benzene rings is 1. The molecule has 0 aliphatic heterocycles. The molecule has 0 fully saturated rings. The van der Waals surface area contributed by atoms with Crippen LogP contribution in [0.25, 0.3) is 11.2 Å². The van der Waals surface area contributed by atoms with Crippen LogP contribution < -0.4 is 5.32 Å². The Morgan fingerprint density at radius 1 is 1.23 bits per heavy atom. The molecule has 0 aliphatic rings. The van der Waals surface area contributed by atoms with Crippen molar-refractivity contribution in [3.8, 4) is 0 Å². The number of rotatable bonds is 13. The molecule has 6 N–H and O–H groups in total. The number of aliphatic hydroxyl groups excluding tert-OH is 2. The molecule has 0 radical (unpaired) electrons. The zero-order chi connectivity index (χ0) is 29.0. The number of fused-ring (bicyclic) bond motifs is 1. The SMILES string of the molecule is CC/C=C(/COP(=O)(O)CP(=O)(O)O)[C@@H](O)[C@H](F)[C@@H](O)n1cnc2c(NCc3cccc(Cl)c3)nc(Cl)nc21. The third-order valence-electron chi connectivity index (χ3n) is 5.26. The second kappa shape index (κ2) is 13.1. The van der Waals surface area contributed by atoms with Crippen LogP contribution in [-0.2, 0) is 20.2 Å². The average Bonchev–Trinajstić information content (AvgIpc) is 3.26. The largest absolute Gasteiger partial charge is 0.385 e. The molecule has 18 heteroatoms. The van der Waals surface area contributed by atoms with Crippen LogP contribution in [0.15, 0.2) is 42.2 Å². The van der Waals surface area contributed by atoms with E-state index >= 15 is 4.39 Å². The lowest BCUT2D eigenvalue weighted by Gasteiger charge is -2.25. The molecule has 2 heterocycles. The second-order valence-electron chi connectivity index (χ2n) is 8.36. The molecule has 4 atom stereocenters. The van der Waals surface area contributed by atoms with Gasteiger partial charge in [0.05, 0.1) is 12.9 Å². The summed E-state index contributed by atoms with van der Waals surface area (Å²) in [5.74, 6) is -1.26. The van der Waals surface area contributed by atoms with Gasteiger partial charge in [-0.15, -0.1) is 0 Å². The minimum absolute atomic E-state index is 0.0512. The van der Waals surface area contributed by atoms with Crippen LogP contribution in [0.1, 0.15) is 25.1 Å². The number of anilines is 1. The van der Waals surface area contributed by atoms with Crippen molar-refractivity contribution in [1.29, 1.82) is 0 Å². The number of aliphatic hydroxyl groups is 2. The van der Waals surface area contributed by atoms with Gasteiger partial charge in [0.15, 0.2) is 35.3 Å². The van der Waals surface area contributed by atoms with Crippen molar-refractivity contribution in [3.63, 3.8) is 0 Å². The van der Waals surface area contributed by atoms with E-state index in [1.165, 1.54) is 6.08 Å². The Balaban J connectivity index is 1.80. The molecular weight excluding hydrogens is 602 g/mol. The van der Waals surface area contributed by atoms with E-state index < -0.39 is 46.2 Å². The Labute approximate surface area is 232 Å². The first-order valence-corrected chi connectivity index (χ1v) is 15.6. The van der Waals surface area contributed by atoms with Crippen LogP contribution in [0.4, 0.5) is 10.2 Å². The van der Waals surface area contributed by atoms with Crippen LogP contribution in [-0.4, -0.2) is 69.2 Å². The quantitative estimate of drug-likeness (QED) is 0.0914. The van der Waals surface area contributed by atoms with Gasteiger partial charge < -0.3 is 34.7 Å². The topological polar surface area (TPSA) is 200 Å². The highest BCUT2D eigenvalue weighted by atomic mass is 35.5. The summed E-state index contributed by atoms with van der Waals surface area (Å²) in [6.07, 6.45) is -3.89. The van der Waals surface area contributed by atoms with Crippen molar-refractivity contribution >= 4 is 55.4 Å². The Morgan fingerprint density at radius 3 is 2.59 bits per heavy atom. The van der Waals surface area contributed by atoms with Crippen LogP contribution >= 0.6 is 38.4 Å². The summed E-state index contributed by atoms with van der Waals surface area (Å²) in [6, 6.07) is 7.04. The zero-order valence-electron chi connectivity index (χ0n) is 20.3. The van der Waals surface area contributed by atoms with Crippen LogP contribution in [0, 0.1) is 0 Å². The van der Waals surface area contributed by atoms with E-state index in [-0.39, 0.29) is 40.8 Å². The number of aromatic nitrogens is 4. The number of hydrogen-bond acceptors (Lipinski definition) is 9. The summed E-state index contributed by atoms with van der Waals surface area (Å²) in [6.45, 7) is 1.09.